The maximum absolute atomic E-state index is 13.1. The van der Waals surface area contributed by atoms with Gasteiger partial charge in [0.25, 0.3) is 0 Å². The van der Waals surface area contributed by atoms with Crippen LogP contribution in [0.3, 0.4) is 0 Å². The van der Waals surface area contributed by atoms with Crippen molar-refractivity contribution in [1.82, 2.24) is 15.1 Å². The number of piperazine rings is 1. The van der Waals surface area contributed by atoms with Gasteiger partial charge >= 0.3 is 0 Å². The summed E-state index contributed by atoms with van der Waals surface area (Å²) in [6, 6.07) is 9.07. The van der Waals surface area contributed by atoms with Crippen molar-refractivity contribution in [3.05, 3.63) is 35.9 Å². The average Bonchev–Trinajstić information content (AvgIpc) is 2.67. The van der Waals surface area contributed by atoms with Gasteiger partial charge in [0.15, 0.2) is 0 Å². The highest BCUT2D eigenvalue weighted by Crippen LogP contribution is 2.25. The van der Waals surface area contributed by atoms with E-state index in [1.807, 2.05) is 35.2 Å². The van der Waals surface area contributed by atoms with Crippen LogP contribution in [0, 0.1) is 5.92 Å². The van der Waals surface area contributed by atoms with Crippen molar-refractivity contribution < 1.29 is 9.59 Å². The third kappa shape index (κ3) is 4.60. The molecule has 1 saturated carbocycles. The molecule has 1 saturated heterocycles. The summed E-state index contributed by atoms with van der Waals surface area (Å²) in [6.45, 7) is 3.20. The number of carbonyl (C=O) groups is 2. The lowest BCUT2D eigenvalue weighted by molar-refractivity contribution is -0.139. The van der Waals surface area contributed by atoms with Crippen LogP contribution in [0.25, 0.3) is 0 Å². The van der Waals surface area contributed by atoms with Crippen molar-refractivity contribution in [2.45, 2.75) is 38.1 Å². The van der Waals surface area contributed by atoms with Crippen molar-refractivity contribution in [2.75, 3.05) is 33.2 Å². The molecule has 5 nitrogen and oxygen atoms in total. The Bertz CT molecular complexity index is 576. The first kappa shape index (κ1) is 17.9. The number of hydrogen-bond acceptors (Lipinski definition) is 3. The lowest BCUT2D eigenvalue weighted by Crippen LogP contribution is -2.51. The number of rotatable bonds is 4. The number of carbonyl (C=O) groups excluding carboxylic acids is 2. The van der Waals surface area contributed by atoms with Gasteiger partial charge in [-0.05, 0) is 25.5 Å². The zero-order valence-electron chi connectivity index (χ0n) is 15.1. The van der Waals surface area contributed by atoms with Gasteiger partial charge in [-0.15, -0.1) is 0 Å². The fraction of sp³-hybridized carbons (Fsp3) is 0.600. The maximum Gasteiger partial charge on any atom is 0.249 e. The van der Waals surface area contributed by atoms with Crippen LogP contribution in [0.1, 0.15) is 43.7 Å². The lowest BCUT2D eigenvalue weighted by Gasteiger charge is -2.35. The van der Waals surface area contributed by atoms with Gasteiger partial charge < -0.3 is 15.1 Å². The normalized spacial score (nSPS) is 20.9. The monoisotopic (exact) mass is 343 g/mol. The minimum Gasteiger partial charge on any atom is -0.340 e. The molecular formula is C20H29N3O2. The number of nitrogens with zero attached hydrogens (tertiary/aromatic N) is 2. The van der Waals surface area contributed by atoms with E-state index in [9.17, 15) is 9.59 Å². The highest BCUT2D eigenvalue weighted by atomic mass is 16.2. The van der Waals surface area contributed by atoms with E-state index in [0.29, 0.717) is 0 Å². The van der Waals surface area contributed by atoms with E-state index in [0.717, 1.165) is 57.4 Å². The van der Waals surface area contributed by atoms with Crippen LogP contribution in [0.15, 0.2) is 30.3 Å². The molecule has 2 aliphatic rings. The van der Waals surface area contributed by atoms with E-state index in [2.05, 4.69) is 17.3 Å². The fourth-order valence-corrected chi connectivity index (χ4v) is 3.77. The van der Waals surface area contributed by atoms with Crippen LogP contribution in [-0.2, 0) is 9.59 Å². The van der Waals surface area contributed by atoms with E-state index in [-0.39, 0.29) is 17.7 Å². The maximum atomic E-state index is 13.1. The first-order chi connectivity index (χ1) is 12.1. The Morgan fingerprint density at radius 1 is 1.00 bits per heavy atom. The van der Waals surface area contributed by atoms with Gasteiger partial charge in [0.2, 0.25) is 11.8 Å². The number of hydrogen-bond donors (Lipinski definition) is 1. The Kier molecular flexibility index (Phi) is 6.08. The summed E-state index contributed by atoms with van der Waals surface area (Å²) < 4.78 is 0. The summed E-state index contributed by atoms with van der Waals surface area (Å²) in [6.07, 6.45) is 5.32. The summed E-state index contributed by atoms with van der Waals surface area (Å²) in [7, 11) is 2.07. The molecule has 5 heteroatoms. The standard InChI is InChI=1S/C20H29N3O2/c1-22-12-14-23(15-13-22)20(25)18(16-8-4-2-5-9-16)21-19(24)17-10-6-3-7-11-17/h2,4-5,8-9,17-18H,3,6-7,10-15H2,1H3,(H,21,24)/t18-/m0/s1. The largest absolute Gasteiger partial charge is 0.340 e. The van der Waals surface area contributed by atoms with Crippen molar-refractivity contribution >= 4 is 11.8 Å². The molecule has 2 fully saturated rings. The molecule has 0 radical (unpaired) electrons. The van der Waals surface area contributed by atoms with Crippen LogP contribution in [0.4, 0.5) is 0 Å². The topological polar surface area (TPSA) is 52.6 Å². The van der Waals surface area contributed by atoms with E-state index >= 15 is 0 Å². The Hall–Kier alpha value is -1.88. The fourth-order valence-electron chi connectivity index (χ4n) is 3.77. The van der Waals surface area contributed by atoms with Gasteiger partial charge in [-0.25, -0.2) is 0 Å². The summed E-state index contributed by atoms with van der Waals surface area (Å²) in [5, 5.41) is 3.07. The van der Waals surface area contributed by atoms with E-state index < -0.39 is 6.04 Å². The van der Waals surface area contributed by atoms with Crippen LogP contribution < -0.4 is 5.32 Å². The third-order valence-corrected chi connectivity index (χ3v) is 5.46. The molecule has 0 bridgehead atoms. The molecule has 3 rings (SSSR count). The smallest absolute Gasteiger partial charge is 0.249 e. The molecule has 2 amide bonds. The second kappa shape index (κ2) is 8.48. The second-order valence-electron chi connectivity index (χ2n) is 7.32. The van der Waals surface area contributed by atoms with Gasteiger partial charge in [-0.3, -0.25) is 9.59 Å². The first-order valence-electron chi connectivity index (χ1n) is 9.48. The summed E-state index contributed by atoms with van der Waals surface area (Å²) in [5.41, 5.74) is 0.871. The molecule has 1 aliphatic heterocycles. The average molecular weight is 343 g/mol. The molecule has 0 aromatic heterocycles. The Balaban J connectivity index is 1.73. The summed E-state index contributed by atoms with van der Waals surface area (Å²) >= 11 is 0. The molecular weight excluding hydrogens is 314 g/mol. The highest BCUT2D eigenvalue weighted by Gasteiger charge is 2.31. The van der Waals surface area contributed by atoms with Gasteiger partial charge in [0, 0.05) is 32.1 Å². The van der Waals surface area contributed by atoms with E-state index in [4.69, 9.17) is 0 Å². The SMILES string of the molecule is CN1CCN(C(=O)[C@@H](NC(=O)C2CCCCC2)c2ccccc2)CC1. The summed E-state index contributed by atoms with van der Waals surface area (Å²) in [4.78, 5) is 30.0. The molecule has 1 N–H and O–H groups in total. The van der Waals surface area contributed by atoms with Gasteiger partial charge in [0.05, 0.1) is 0 Å². The van der Waals surface area contributed by atoms with Crippen LogP contribution >= 0.6 is 0 Å². The third-order valence-electron chi connectivity index (χ3n) is 5.46. The predicted molar refractivity (Wildman–Crippen MR) is 98.0 cm³/mol. The van der Waals surface area contributed by atoms with Crippen molar-refractivity contribution in [3.8, 4) is 0 Å². The van der Waals surface area contributed by atoms with Gasteiger partial charge in [-0.2, -0.15) is 0 Å². The number of likely N-dealkylation sites (N-methyl/N-ethyl adjacent to an activating group) is 1. The molecule has 1 heterocycles. The molecule has 25 heavy (non-hydrogen) atoms. The van der Waals surface area contributed by atoms with E-state index in [1.165, 1.54) is 6.42 Å². The van der Waals surface area contributed by atoms with Crippen LogP contribution in [-0.4, -0.2) is 54.8 Å². The Morgan fingerprint density at radius 3 is 2.28 bits per heavy atom. The van der Waals surface area contributed by atoms with Crippen LogP contribution in [0.5, 0.6) is 0 Å². The van der Waals surface area contributed by atoms with Gasteiger partial charge in [0.1, 0.15) is 6.04 Å². The minimum absolute atomic E-state index is 0.0171. The number of benzene rings is 1. The molecule has 1 aromatic rings. The summed E-state index contributed by atoms with van der Waals surface area (Å²) in [5.74, 6) is 0.111. The van der Waals surface area contributed by atoms with Gasteiger partial charge in [-0.1, -0.05) is 49.6 Å². The number of amides is 2. The molecule has 0 spiro atoms. The molecule has 1 aromatic carbocycles. The highest BCUT2D eigenvalue weighted by molar-refractivity contribution is 5.89. The predicted octanol–water partition coefficient (Wildman–Crippen LogP) is 2.20. The lowest BCUT2D eigenvalue weighted by atomic mass is 9.88. The van der Waals surface area contributed by atoms with Crippen LogP contribution in [0.2, 0.25) is 0 Å². The quantitative estimate of drug-likeness (QED) is 0.912. The molecule has 136 valence electrons. The first-order valence-corrected chi connectivity index (χ1v) is 9.48. The van der Waals surface area contributed by atoms with Crippen molar-refractivity contribution in [2.24, 2.45) is 5.92 Å². The molecule has 1 atom stereocenters. The Morgan fingerprint density at radius 2 is 1.64 bits per heavy atom. The van der Waals surface area contributed by atoms with Crippen molar-refractivity contribution in [1.29, 1.82) is 0 Å². The molecule has 0 unspecified atom stereocenters. The zero-order chi connectivity index (χ0) is 17.6. The minimum atomic E-state index is -0.570. The molecule has 1 aliphatic carbocycles. The Labute approximate surface area is 150 Å². The zero-order valence-corrected chi connectivity index (χ0v) is 15.1. The number of nitrogens with one attached hydrogen (secondary N) is 1. The second-order valence-corrected chi connectivity index (χ2v) is 7.32. The van der Waals surface area contributed by atoms with Crippen molar-refractivity contribution in [3.63, 3.8) is 0 Å². The van der Waals surface area contributed by atoms with E-state index in [1.54, 1.807) is 0 Å².